The summed E-state index contributed by atoms with van der Waals surface area (Å²) in [6, 6.07) is 20.7. The first-order chi connectivity index (χ1) is 14.6. The Bertz CT molecular complexity index is 976. The second-order valence-corrected chi connectivity index (χ2v) is 8.19. The average molecular weight is 420 g/mol. The third kappa shape index (κ3) is 4.71. The molecule has 2 aromatic carbocycles. The van der Waals surface area contributed by atoms with Crippen molar-refractivity contribution in [3.05, 3.63) is 83.2 Å². The second-order valence-electron chi connectivity index (χ2n) is 7.80. The van der Waals surface area contributed by atoms with Crippen molar-refractivity contribution >= 4 is 17.3 Å². The lowest BCUT2D eigenvalue weighted by Crippen LogP contribution is -2.51. The Hall–Kier alpha value is -2.70. The molecule has 0 atom stereocenters. The Morgan fingerprint density at radius 3 is 2.23 bits per heavy atom. The largest absolute Gasteiger partial charge is 0.358 e. The van der Waals surface area contributed by atoms with Gasteiger partial charge in [0.1, 0.15) is 0 Å². The van der Waals surface area contributed by atoms with E-state index in [9.17, 15) is 0 Å². The Balaban J connectivity index is 1.32. The van der Waals surface area contributed by atoms with E-state index in [4.69, 9.17) is 17.3 Å². The van der Waals surface area contributed by atoms with Crippen LogP contribution in [-0.4, -0.2) is 50.9 Å². The lowest BCUT2D eigenvalue weighted by molar-refractivity contribution is 0.174. The summed E-state index contributed by atoms with van der Waals surface area (Å²) < 4.78 is 2.06. The third-order valence-corrected chi connectivity index (χ3v) is 6.17. The second kappa shape index (κ2) is 9.41. The maximum absolute atomic E-state index is 5.62. The van der Waals surface area contributed by atoms with Crippen LogP contribution >= 0.6 is 12.2 Å². The molecule has 1 N–H and O–H groups in total. The van der Waals surface area contributed by atoms with Gasteiger partial charge in [0.15, 0.2) is 5.11 Å². The minimum Gasteiger partial charge on any atom is -0.358 e. The molecule has 156 valence electrons. The van der Waals surface area contributed by atoms with Gasteiger partial charge in [-0.1, -0.05) is 48.5 Å². The first-order valence-electron chi connectivity index (χ1n) is 10.5. The lowest BCUT2D eigenvalue weighted by atomic mass is 10.1. The summed E-state index contributed by atoms with van der Waals surface area (Å²) in [5.41, 5.74) is 6.03. The van der Waals surface area contributed by atoms with Crippen LogP contribution in [0.15, 0.2) is 60.7 Å². The van der Waals surface area contributed by atoms with Crippen LogP contribution in [0.25, 0.3) is 5.69 Å². The molecule has 0 aliphatic carbocycles. The van der Waals surface area contributed by atoms with Gasteiger partial charge in [-0.2, -0.15) is 5.10 Å². The number of thiocarbonyl (C=S) groups is 1. The number of nitrogens with zero attached hydrogens (tertiary/aromatic N) is 4. The van der Waals surface area contributed by atoms with Gasteiger partial charge in [-0.05, 0) is 43.8 Å². The van der Waals surface area contributed by atoms with Gasteiger partial charge in [0.2, 0.25) is 0 Å². The molecule has 0 radical (unpaired) electrons. The van der Waals surface area contributed by atoms with Crippen LogP contribution in [0.2, 0.25) is 0 Å². The summed E-state index contributed by atoms with van der Waals surface area (Å²) in [5.74, 6) is 0. The molecular formula is C24H29N5S. The lowest BCUT2D eigenvalue weighted by Gasteiger charge is -2.36. The maximum Gasteiger partial charge on any atom is 0.169 e. The summed E-state index contributed by atoms with van der Waals surface area (Å²) >= 11 is 5.62. The number of rotatable bonds is 5. The molecule has 1 fully saturated rings. The van der Waals surface area contributed by atoms with Crippen molar-refractivity contribution in [1.82, 2.24) is 24.9 Å². The quantitative estimate of drug-likeness (QED) is 0.639. The summed E-state index contributed by atoms with van der Waals surface area (Å²) in [6.07, 6.45) is 0. The highest BCUT2D eigenvalue weighted by Crippen LogP contribution is 2.20. The molecule has 30 heavy (non-hydrogen) atoms. The molecular weight excluding hydrogens is 390 g/mol. The standard InChI is InChI=1S/C24H29N5S/c1-19-23(20(2)29(26-19)22-11-7-4-8-12-22)18-27-13-15-28(16-14-27)24(30)25-17-21-9-5-3-6-10-21/h3-12H,13-18H2,1-2H3,(H,25,30). The van der Waals surface area contributed by atoms with E-state index in [-0.39, 0.29) is 0 Å². The van der Waals surface area contributed by atoms with Gasteiger partial charge < -0.3 is 10.2 Å². The molecule has 3 aromatic rings. The molecule has 1 aliphatic rings. The van der Waals surface area contributed by atoms with Crippen LogP contribution in [-0.2, 0) is 13.1 Å². The number of aryl methyl sites for hydroxylation is 1. The zero-order valence-electron chi connectivity index (χ0n) is 17.7. The molecule has 0 amide bonds. The molecule has 4 rings (SSSR count). The van der Waals surface area contributed by atoms with E-state index in [2.05, 4.69) is 82.2 Å². The van der Waals surface area contributed by atoms with Crippen LogP contribution in [0.5, 0.6) is 0 Å². The van der Waals surface area contributed by atoms with Crippen LogP contribution in [0.4, 0.5) is 0 Å². The molecule has 5 nitrogen and oxygen atoms in total. The first kappa shape index (κ1) is 20.6. The smallest absolute Gasteiger partial charge is 0.169 e. The predicted molar refractivity (Wildman–Crippen MR) is 126 cm³/mol. The molecule has 0 bridgehead atoms. The van der Waals surface area contributed by atoms with Crippen LogP contribution in [0.3, 0.4) is 0 Å². The van der Waals surface area contributed by atoms with Crippen LogP contribution in [0.1, 0.15) is 22.5 Å². The zero-order valence-corrected chi connectivity index (χ0v) is 18.5. The van der Waals surface area contributed by atoms with Gasteiger partial charge in [0.25, 0.3) is 0 Å². The number of hydrogen-bond acceptors (Lipinski definition) is 3. The SMILES string of the molecule is Cc1nn(-c2ccccc2)c(C)c1CN1CCN(C(=S)NCc2ccccc2)CC1. The summed E-state index contributed by atoms with van der Waals surface area (Å²) in [4.78, 5) is 4.78. The van der Waals surface area contributed by atoms with Crippen molar-refractivity contribution in [2.75, 3.05) is 26.2 Å². The van der Waals surface area contributed by atoms with E-state index in [0.717, 1.165) is 55.8 Å². The van der Waals surface area contributed by atoms with Gasteiger partial charge in [0.05, 0.1) is 11.4 Å². The monoisotopic (exact) mass is 419 g/mol. The van der Waals surface area contributed by atoms with Gasteiger partial charge in [0, 0.05) is 50.5 Å². The van der Waals surface area contributed by atoms with E-state index < -0.39 is 0 Å². The Labute approximate surface area is 184 Å². The molecule has 2 heterocycles. The van der Waals surface area contributed by atoms with Gasteiger partial charge in [-0.25, -0.2) is 4.68 Å². The molecule has 0 spiro atoms. The third-order valence-electron chi connectivity index (χ3n) is 5.77. The fraction of sp³-hybridized carbons (Fsp3) is 0.333. The summed E-state index contributed by atoms with van der Waals surface area (Å²) in [7, 11) is 0. The van der Waals surface area contributed by atoms with E-state index in [1.54, 1.807) is 0 Å². The number of para-hydroxylation sites is 1. The van der Waals surface area contributed by atoms with E-state index in [0.29, 0.717) is 0 Å². The predicted octanol–water partition coefficient (Wildman–Crippen LogP) is 3.68. The normalized spacial score (nSPS) is 14.7. The topological polar surface area (TPSA) is 36.3 Å². The fourth-order valence-electron chi connectivity index (χ4n) is 3.94. The van der Waals surface area contributed by atoms with Crippen molar-refractivity contribution in [1.29, 1.82) is 0 Å². The number of benzene rings is 2. The van der Waals surface area contributed by atoms with Crippen LogP contribution in [0, 0.1) is 13.8 Å². The maximum atomic E-state index is 5.62. The Morgan fingerprint density at radius 2 is 1.57 bits per heavy atom. The van der Waals surface area contributed by atoms with Gasteiger partial charge in [-0.15, -0.1) is 0 Å². The first-order valence-corrected chi connectivity index (χ1v) is 10.9. The molecule has 1 aromatic heterocycles. The van der Waals surface area contributed by atoms with E-state index >= 15 is 0 Å². The molecule has 0 unspecified atom stereocenters. The Morgan fingerprint density at radius 1 is 0.933 bits per heavy atom. The van der Waals surface area contributed by atoms with Gasteiger partial charge >= 0.3 is 0 Å². The average Bonchev–Trinajstić information content (AvgIpc) is 3.07. The highest BCUT2D eigenvalue weighted by molar-refractivity contribution is 7.80. The van der Waals surface area contributed by atoms with Crippen molar-refractivity contribution in [3.8, 4) is 5.69 Å². The Kier molecular flexibility index (Phi) is 6.45. The van der Waals surface area contributed by atoms with Crippen molar-refractivity contribution in [3.63, 3.8) is 0 Å². The van der Waals surface area contributed by atoms with E-state index in [1.807, 2.05) is 12.1 Å². The molecule has 0 saturated carbocycles. The molecule has 1 saturated heterocycles. The summed E-state index contributed by atoms with van der Waals surface area (Å²) in [5, 5.41) is 9.04. The highest BCUT2D eigenvalue weighted by Gasteiger charge is 2.21. The van der Waals surface area contributed by atoms with Crippen molar-refractivity contribution in [2.24, 2.45) is 0 Å². The molecule has 6 heteroatoms. The fourth-order valence-corrected chi connectivity index (χ4v) is 4.20. The number of aromatic nitrogens is 2. The van der Waals surface area contributed by atoms with Gasteiger partial charge in [-0.3, -0.25) is 4.90 Å². The number of piperazine rings is 1. The van der Waals surface area contributed by atoms with Crippen LogP contribution < -0.4 is 5.32 Å². The number of nitrogens with one attached hydrogen (secondary N) is 1. The van der Waals surface area contributed by atoms with E-state index in [1.165, 1.54) is 16.8 Å². The zero-order chi connectivity index (χ0) is 20.9. The highest BCUT2D eigenvalue weighted by atomic mass is 32.1. The minimum absolute atomic E-state index is 0.775. The number of hydrogen-bond donors (Lipinski definition) is 1. The summed E-state index contributed by atoms with van der Waals surface area (Å²) in [6.45, 7) is 9.89. The van der Waals surface area contributed by atoms with Crippen molar-refractivity contribution < 1.29 is 0 Å². The molecule has 1 aliphatic heterocycles. The minimum atomic E-state index is 0.775. The van der Waals surface area contributed by atoms with Crippen molar-refractivity contribution in [2.45, 2.75) is 26.9 Å².